The van der Waals surface area contributed by atoms with E-state index in [0.29, 0.717) is 12.8 Å². The van der Waals surface area contributed by atoms with Crippen molar-refractivity contribution in [1.29, 1.82) is 0 Å². The standard InChI is InChI=1S/C15H19F2NO2S/c1-2-11-18(12-7-4-3-5-8-12)21(19,20)15-13(16)9-6-10-14(15)17/h2,6,9-10,12H,1,3-5,7-8,11H2. The first-order chi connectivity index (χ1) is 9.98. The molecule has 3 nitrogen and oxygen atoms in total. The van der Waals surface area contributed by atoms with Gasteiger partial charge in [-0.3, -0.25) is 0 Å². The summed E-state index contributed by atoms with van der Waals surface area (Å²) in [6.07, 6.45) is 5.78. The molecule has 0 amide bonds. The fraction of sp³-hybridized carbons (Fsp3) is 0.467. The Labute approximate surface area is 124 Å². The number of benzene rings is 1. The second-order valence-electron chi connectivity index (χ2n) is 5.21. The maximum absolute atomic E-state index is 13.8. The van der Waals surface area contributed by atoms with Gasteiger partial charge in [0.25, 0.3) is 0 Å². The maximum atomic E-state index is 13.8. The molecule has 0 unspecified atom stereocenters. The molecule has 0 spiro atoms. The van der Waals surface area contributed by atoms with Crippen molar-refractivity contribution in [2.75, 3.05) is 6.54 Å². The zero-order valence-electron chi connectivity index (χ0n) is 11.8. The van der Waals surface area contributed by atoms with Crippen LogP contribution in [0.3, 0.4) is 0 Å². The van der Waals surface area contributed by atoms with E-state index in [1.807, 2.05) is 0 Å². The molecule has 1 fully saturated rings. The van der Waals surface area contributed by atoms with Crippen molar-refractivity contribution >= 4 is 10.0 Å². The number of nitrogens with zero attached hydrogens (tertiary/aromatic N) is 1. The molecule has 0 heterocycles. The number of halogens is 2. The summed E-state index contributed by atoms with van der Waals surface area (Å²) in [5.74, 6) is -2.11. The summed E-state index contributed by atoms with van der Waals surface area (Å²) >= 11 is 0. The summed E-state index contributed by atoms with van der Waals surface area (Å²) in [5.41, 5.74) is 0. The van der Waals surface area contributed by atoms with Crippen LogP contribution in [-0.4, -0.2) is 25.3 Å². The smallest absolute Gasteiger partial charge is 0.207 e. The Hall–Kier alpha value is -1.27. The summed E-state index contributed by atoms with van der Waals surface area (Å²) in [7, 11) is -4.21. The van der Waals surface area contributed by atoms with Crippen molar-refractivity contribution in [2.45, 2.75) is 43.0 Å². The molecule has 1 aliphatic rings. The number of hydrogen-bond acceptors (Lipinski definition) is 2. The van der Waals surface area contributed by atoms with Crippen molar-refractivity contribution < 1.29 is 17.2 Å². The second kappa shape index (κ2) is 6.66. The highest BCUT2D eigenvalue weighted by Gasteiger charge is 2.35. The molecule has 0 saturated heterocycles. The lowest BCUT2D eigenvalue weighted by Gasteiger charge is -2.32. The first-order valence-electron chi connectivity index (χ1n) is 7.05. The van der Waals surface area contributed by atoms with Crippen LogP contribution in [-0.2, 0) is 10.0 Å². The third-order valence-corrected chi connectivity index (χ3v) is 5.75. The van der Waals surface area contributed by atoms with Crippen LogP contribution in [0.2, 0.25) is 0 Å². The highest BCUT2D eigenvalue weighted by molar-refractivity contribution is 7.89. The van der Waals surface area contributed by atoms with Crippen LogP contribution in [0, 0.1) is 11.6 Å². The summed E-state index contributed by atoms with van der Waals surface area (Å²) in [4.78, 5) is -0.863. The minimum Gasteiger partial charge on any atom is -0.207 e. The van der Waals surface area contributed by atoms with Crippen LogP contribution in [0.1, 0.15) is 32.1 Å². The van der Waals surface area contributed by atoms with E-state index in [0.717, 1.165) is 37.5 Å². The van der Waals surface area contributed by atoms with E-state index >= 15 is 0 Å². The molecule has 1 aromatic rings. The van der Waals surface area contributed by atoms with E-state index in [9.17, 15) is 17.2 Å². The van der Waals surface area contributed by atoms with Crippen LogP contribution in [0.4, 0.5) is 8.78 Å². The van der Waals surface area contributed by atoms with Crippen molar-refractivity contribution in [3.63, 3.8) is 0 Å². The molecule has 116 valence electrons. The minimum atomic E-state index is -4.21. The zero-order chi connectivity index (χ0) is 15.5. The van der Waals surface area contributed by atoms with Crippen LogP contribution in [0.5, 0.6) is 0 Å². The third kappa shape index (κ3) is 3.32. The predicted octanol–water partition coefficient (Wildman–Crippen LogP) is 3.47. The Morgan fingerprint density at radius 2 is 1.76 bits per heavy atom. The van der Waals surface area contributed by atoms with Gasteiger partial charge in [-0.25, -0.2) is 17.2 Å². The summed E-state index contributed by atoms with van der Waals surface area (Å²) < 4.78 is 54.2. The van der Waals surface area contributed by atoms with E-state index in [2.05, 4.69) is 6.58 Å². The molecule has 2 rings (SSSR count). The summed E-state index contributed by atoms with van der Waals surface area (Å²) in [6.45, 7) is 3.61. The molecule has 6 heteroatoms. The predicted molar refractivity (Wildman–Crippen MR) is 77.3 cm³/mol. The lowest BCUT2D eigenvalue weighted by molar-refractivity contribution is 0.267. The fourth-order valence-electron chi connectivity index (χ4n) is 2.79. The van der Waals surface area contributed by atoms with Gasteiger partial charge in [-0.05, 0) is 25.0 Å². The maximum Gasteiger partial charge on any atom is 0.249 e. The van der Waals surface area contributed by atoms with Gasteiger partial charge in [0, 0.05) is 12.6 Å². The molecule has 1 saturated carbocycles. The molecule has 0 aromatic heterocycles. The first-order valence-corrected chi connectivity index (χ1v) is 8.49. The van der Waals surface area contributed by atoms with Gasteiger partial charge in [-0.15, -0.1) is 6.58 Å². The summed E-state index contributed by atoms with van der Waals surface area (Å²) in [6, 6.07) is 2.86. The lowest BCUT2D eigenvalue weighted by Crippen LogP contribution is -2.42. The molecule has 1 aliphatic carbocycles. The van der Waals surface area contributed by atoms with Crippen LogP contribution in [0.15, 0.2) is 35.7 Å². The van der Waals surface area contributed by atoms with Gasteiger partial charge in [0.05, 0.1) is 0 Å². The fourth-order valence-corrected chi connectivity index (χ4v) is 4.55. The van der Waals surface area contributed by atoms with Crippen molar-refractivity contribution in [3.8, 4) is 0 Å². The molecule has 0 radical (unpaired) electrons. The Kier molecular flexibility index (Phi) is 5.11. The monoisotopic (exact) mass is 315 g/mol. The second-order valence-corrected chi connectivity index (χ2v) is 7.03. The van der Waals surface area contributed by atoms with E-state index in [4.69, 9.17) is 0 Å². The highest BCUT2D eigenvalue weighted by atomic mass is 32.2. The molecule has 0 aliphatic heterocycles. The Morgan fingerprint density at radius 3 is 2.29 bits per heavy atom. The molecule has 21 heavy (non-hydrogen) atoms. The highest BCUT2D eigenvalue weighted by Crippen LogP contribution is 2.29. The van der Waals surface area contributed by atoms with E-state index in [1.54, 1.807) is 0 Å². The van der Waals surface area contributed by atoms with E-state index in [-0.39, 0.29) is 12.6 Å². The summed E-state index contributed by atoms with van der Waals surface area (Å²) in [5, 5.41) is 0. The molecule has 1 aromatic carbocycles. The third-order valence-electron chi connectivity index (χ3n) is 3.78. The quantitative estimate of drug-likeness (QED) is 0.780. The SMILES string of the molecule is C=CCN(C1CCCCC1)S(=O)(=O)c1c(F)cccc1F. The largest absolute Gasteiger partial charge is 0.249 e. The van der Waals surface area contributed by atoms with E-state index in [1.165, 1.54) is 10.4 Å². The van der Waals surface area contributed by atoms with Gasteiger partial charge >= 0.3 is 0 Å². The number of sulfonamides is 1. The topological polar surface area (TPSA) is 37.4 Å². The van der Waals surface area contributed by atoms with Gasteiger partial charge in [0.15, 0.2) is 4.90 Å². The normalized spacial score (nSPS) is 17.1. The van der Waals surface area contributed by atoms with Crippen LogP contribution >= 0.6 is 0 Å². The Morgan fingerprint density at radius 1 is 1.19 bits per heavy atom. The molecule has 0 bridgehead atoms. The van der Waals surface area contributed by atoms with Gasteiger partial charge in [0.2, 0.25) is 10.0 Å². The average Bonchev–Trinajstić information content (AvgIpc) is 2.45. The zero-order valence-corrected chi connectivity index (χ0v) is 12.6. The Balaban J connectivity index is 2.44. The van der Waals surface area contributed by atoms with Gasteiger partial charge in [-0.1, -0.05) is 31.4 Å². The van der Waals surface area contributed by atoms with Gasteiger partial charge in [0.1, 0.15) is 11.6 Å². The van der Waals surface area contributed by atoms with Crippen LogP contribution in [0.25, 0.3) is 0 Å². The van der Waals surface area contributed by atoms with E-state index < -0.39 is 26.6 Å². The molecule has 0 N–H and O–H groups in total. The molecular formula is C15H19F2NO2S. The first kappa shape index (κ1) is 16.1. The van der Waals surface area contributed by atoms with Gasteiger partial charge < -0.3 is 0 Å². The van der Waals surface area contributed by atoms with Crippen LogP contribution < -0.4 is 0 Å². The number of rotatable bonds is 5. The molecular weight excluding hydrogens is 296 g/mol. The van der Waals surface area contributed by atoms with Crippen molar-refractivity contribution in [1.82, 2.24) is 4.31 Å². The minimum absolute atomic E-state index is 0.0563. The Bertz CT molecular complexity index is 590. The van der Waals surface area contributed by atoms with Gasteiger partial charge in [-0.2, -0.15) is 4.31 Å². The molecule has 0 atom stereocenters. The lowest BCUT2D eigenvalue weighted by atomic mass is 9.95. The van der Waals surface area contributed by atoms with Crippen molar-refractivity contribution in [3.05, 3.63) is 42.5 Å². The van der Waals surface area contributed by atoms with Crippen molar-refractivity contribution in [2.24, 2.45) is 0 Å². The number of hydrogen-bond donors (Lipinski definition) is 0. The average molecular weight is 315 g/mol.